The topological polar surface area (TPSA) is 75.4 Å². The Labute approximate surface area is 121 Å². The van der Waals surface area contributed by atoms with Crippen LogP contribution in [0, 0.1) is 5.82 Å². The largest absolute Gasteiger partial charge is 0.396 e. The molecule has 21 heavy (non-hydrogen) atoms. The molecule has 1 amide bonds. The maximum Gasteiger partial charge on any atom is 0.251 e. The van der Waals surface area contributed by atoms with Crippen LogP contribution in [0.1, 0.15) is 27.5 Å². The number of aliphatic hydroxyl groups is 1. The van der Waals surface area contributed by atoms with E-state index in [9.17, 15) is 14.3 Å². The highest BCUT2D eigenvalue weighted by molar-refractivity contribution is 5.95. The molecule has 2 aromatic carbocycles. The van der Waals surface area contributed by atoms with Crippen LogP contribution in [-0.4, -0.2) is 17.1 Å². The van der Waals surface area contributed by atoms with Gasteiger partial charge in [-0.05, 0) is 29.3 Å². The smallest absolute Gasteiger partial charge is 0.251 e. The van der Waals surface area contributed by atoms with Gasteiger partial charge in [0.15, 0.2) is 0 Å². The standard InChI is InChI=1S/C16H15FN2O2/c17-12-7-10(5-6-13(12)18)16(21)19-15-11-4-2-1-3-9(11)8-14(15)20/h1-7,14-15,20H,8,18H2,(H,19,21)/t14-,15+/m0/s1. The first-order valence-electron chi connectivity index (χ1n) is 6.68. The molecule has 2 atom stereocenters. The Bertz CT molecular complexity index is 702. The lowest BCUT2D eigenvalue weighted by Crippen LogP contribution is -2.33. The van der Waals surface area contributed by atoms with Gasteiger partial charge in [-0.15, -0.1) is 0 Å². The number of hydrogen-bond donors (Lipinski definition) is 3. The van der Waals surface area contributed by atoms with Gasteiger partial charge in [-0.1, -0.05) is 24.3 Å². The van der Waals surface area contributed by atoms with Crippen LogP contribution in [0.5, 0.6) is 0 Å². The molecule has 1 aliphatic rings. The summed E-state index contributed by atoms with van der Waals surface area (Å²) in [7, 11) is 0. The fourth-order valence-electron chi connectivity index (χ4n) is 2.64. The van der Waals surface area contributed by atoms with Crippen LogP contribution in [-0.2, 0) is 6.42 Å². The Morgan fingerprint density at radius 3 is 2.81 bits per heavy atom. The highest BCUT2D eigenvalue weighted by Crippen LogP contribution is 2.31. The summed E-state index contributed by atoms with van der Waals surface area (Å²) in [5.74, 6) is -1.07. The van der Waals surface area contributed by atoms with Gasteiger partial charge in [0.05, 0.1) is 17.8 Å². The third-order valence-electron chi connectivity index (χ3n) is 3.75. The highest BCUT2D eigenvalue weighted by Gasteiger charge is 2.32. The number of anilines is 1. The highest BCUT2D eigenvalue weighted by atomic mass is 19.1. The minimum atomic E-state index is -0.676. The van der Waals surface area contributed by atoms with Crippen LogP contribution in [0.25, 0.3) is 0 Å². The molecule has 5 heteroatoms. The van der Waals surface area contributed by atoms with E-state index in [1.54, 1.807) is 0 Å². The lowest BCUT2D eigenvalue weighted by atomic mass is 10.1. The van der Waals surface area contributed by atoms with Crippen molar-refractivity contribution >= 4 is 11.6 Å². The van der Waals surface area contributed by atoms with Crippen molar-refractivity contribution in [1.29, 1.82) is 0 Å². The van der Waals surface area contributed by atoms with Crippen LogP contribution >= 0.6 is 0 Å². The first-order valence-corrected chi connectivity index (χ1v) is 6.68. The Hall–Kier alpha value is -2.40. The van der Waals surface area contributed by atoms with E-state index in [0.717, 1.165) is 17.2 Å². The zero-order valence-electron chi connectivity index (χ0n) is 11.2. The van der Waals surface area contributed by atoms with E-state index in [0.29, 0.717) is 6.42 Å². The number of amides is 1. The molecule has 0 unspecified atom stereocenters. The van der Waals surface area contributed by atoms with E-state index in [2.05, 4.69) is 5.32 Å². The summed E-state index contributed by atoms with van der Waals surface area (Å²) in [6.45, 7) is 0. The number of benzene rings is 2. The third kappa shape index (κ3) is 2.48. The summed E-state index contributed by atoms with van der Waals surface area (Å²) >= 11 is 0. The van der Waals surface area contributed by atoms with Crippen LogP contribution in [0.15, 0.2) is 42.5 Å². The minimum absolute atomic E-state index is 0.00204. The van der Waals surface area contributed by atoms with Crippen LogP contribution in [0.2, 0.25) is 0 Å². The van der Waals surface area contributed by atoms with Crippen molar-refractivity contribution in [3.05, 3.63) is 65.0 Å². The molecule has 0 aliphatic heterocycles. The number of hydrogen-bond acceptors (Lipinski definition) is 3. The Kier molecular flexibility index (Phi) is 3.35. The number of carbonyl (C=O) groups excluding carboxylic acids is 1. The van der Waals surface area contributed by atoms with E-state index < -0.39 is 23.9 Å². The molecular formula is C16H15FN2O2. The SMILES string of the molecule is Nc1ccc(C(=O)N[C@@H]2c3ccccc3C[C@@H]2O)cc1F. The summed E-state index contributed by atoms with van der Waals surface area (Å²) in [5.41, 5.74) is 7.48. The zero-order chi connectivity index (χ0) is 15.0. The van der Waals surface area contributed by atoms with Gasteiger partial charge in [-0.2, -0.15) is 0 Å². The average Bonchev–Trinajstić information content (AvgIpc) is 2.78. The van der Waals surface area contributed by atoms with Gasteiger partial charge >= 0.3 is 0 Å². The molecular weight excluding hydrogens is 271 g/mol. The monoisotopic (exact) mass is 286 g/mol. The average molecular weight is 286 g/mol. The third-order valence-corrected chi connectivity index (χ3v) is 3.75. The van der Waals surface area contributed by atoms with Crippen molar-refractivity contribution in [3.63, 3.8) is 0 Å². The minimum Gasteiger partial charge on any atom is -0.396 e. The number of nitrogens with two attached hydrogens (primary N) is 1. The van der Waals surface area contributed by atoms with E-state index in [1.807, 2.05) is 24.3 Å². The molecule has 3 rings (SSSR count). The summed E-state index contributed by atoms with van der Waals surface area (Å²) in [6, 6.07) is 11.0. The zero-order valence-corrected chi connectivity index (χ0v) is 11.2. The second-order valence-corrected chi connectivity index (χ2v) is 5.16. The number of aliphatic hydroxyl groups excluding tert-OH is 1. The van der Waals surface area contributed by atoms with Crippen molar-refractivity contribution in [2.75, 3.05) is 5.73 Å². The van der Waals surface area contributed by atoms with E-state index >= 15 is 0 Å². The molecule has 0 spiro atoms. The van der Waals surface area contributed by atoms with E-state index in [4.69, 9.17) is 5.73 Å². The van der Waals surface area contributed by atoms with Crippen molar-refractivity contribution in [1.82, 2.24) is 5.32 Å². The number of carbonyl (C=O) groups is 1. The van der Waals surface area contributed by atoms with Crippen molar-refractivity contribution < 1.29 is 14.3 Å². The summed E-state index contributed by atoms with van der Waals surface area (Å²) in [4.78, 5) is 12.2. The number of rotatable bonds is 2. The predicted octanol–water partition coefficient (Wildman–Crippen LogP) is 1.80. The molecule has 108 valence electrons. The molecule has 1 aliphatic carbocycles. The lowest BCUT2D eigenvalue weighted by molar-refractivity contribution is 0.0858. The van der Waals surface area contributed by atoms with Gasteiger partial charge in [-0.25, -0.2) is 4.39 Å². The molecule has 0 radical (unpaired) electrons. The van der Waals surface area contributed by atoms with Gasteiger partial charge in [-0.3, -0.25) is 4.79 Å². The van der Waals surface area contributed by atoms with Crippen molar-refractivity contribution in [2.24, 2.45) is 0 Å². The molecule has 4 N–H and O–H groups in total. The van der Waals surface area contributed by atoms with E-state index in [-0.39, 0.29) is 11.3 Å². The Balaban J connectivity index is 1.83. The summed E-state index contributed by atoms with van der Waals surface area (Å²) in [5, 5.41) is 12.8. The number of fused-ring (bicyclic) bond motifs is 1. The van der Waals surface area contributed by atoms with Gasteiger partial charge < -0.3 is 16.2 Å². The molecule has 0 saturated carbocycles. The van der Waals surface area contributed by atoms with Crippen molar-refractivity contribution in [3.8, 4) is 0 Å². The fraction of sp³-hybridized carbons (Fsp3) is 0.188. The maximum absolute atomic E-state index is 13.4. The first kappa shape index (κ1) is 13.6. The molecule has 0 bridgehead atoms. The molecule has 0 fully saturated rings. The Morgan fingerprint density at radius 2 is 2.05 bits per heavy atom. The normalized spacial score (nSPS) is 20.1. The van der Waals surface area contributed by atoms with Crippen LogP contribution < -0.4 is 11.1 Å². The molecule has 2 aromatic rings. The number of nitrogens with one attached hydrogen (secondary N) is 1. The second-order valence-electron chi connectivity index (χ2n) is 5.16. The van der Waals surface area contributed by atoms with Gasteiger partial charge in [0.2, 0.25) is 0 Å². The Morgan fingerprint density at radius 1 is 1.29 bits per heavy atom. The maximum atomic E-state index is 13.4. The molecule has 0 saturated heterocycles. The number of halogens is 1. The van der Waals surface area contributed by atoms with E-state index in [1.165, 1.54) is 12.1 Å². The quantitative estimate of drug-likeness (QED) is 0.737. The first-order chi connectivity index (χ1) is 10.1. The summed E-state index contributed by atoms with van der Waals surface area (Å²) < 4.78 is 13.4. The van der Waals surface area contributed by atoms with Crippen LogP contribution in [0.4, 0.5) is 10.1 Å². The number of nitrogen functional groups attached to an aromatic ring is 1. The van der Waals surface area contributed by atoms with Gasteiger partial charge in [0.25, 0.3) is 5.91 Å². The van der Waals surface area contributed by atoms with Gasteiger partial charge in [0.1, 0.15) is 5.82 Å². The molecule has 0 heterocycles. The van der Waals surface area contributed by atoms with Crippen LogP contribution in [0.3, 0.4) is 0 Å². The second kappa shape index (κ2) is 5.18. The predicted molar refractivity (Wildman–Crippen MR) is 77.2 cm³/mol. The van der Waals surface area contributed by atoms with Gasteiger partial charge in [0, 0.05) is 12.0 Å². The molecule has 4 nitrogen and oxygen atoms in total. The fourth-order valence-corrected chi connectivity index (χ4v) is 2.64. The lowest BCUT2D eigenvalue weighted by Gasteiger charge is -2.18. The molecule has 0 aromatic heterocycles. The van der Waals surface area contributed by atoms with Crippen molar-refractivity contribution in [2.45, 2.75) is 18.6 Å². The summed E-state index contributed by atoms with van der Waals surface area (Å²) in [6.07, 6.45) is -0.179.